The van der Waals surface area contributed by atoms with Gasteiger partial charge >= 0.3 is 0 Å². The van der Waals surface area contributed by atoms with Crippen molar-refractivity contribution in [2.75, 3.05) is 0 Å². The summed E-state index contributed by atoms with van der Waals surface area (Å²) in [7, 11) is 1.98. The highest BCUT2D eigenvalue weighted by atomic mass is 16.3. The molecule has 0 saturated carbocycles. The van der Waals surface area contributed by atoms with Crippen molar-refractivity contribution < 1.29 is 4.42 Å². The summed E-state index contributed by atoms with van der Waals surface area (Å²) in [5.41, 5.74) is 2.82. The normalized spacial score (nSPS) is 20.9. The van der Waals surface area contributed by atoms with E-state index < -0.39 is 0 Å². The molecule has 0 amide bonds. The lowest BCUT2D eigenvalue weighted by Crippen LogP contribution is -2.32. The highest BCUT2D eigenvalue weighted by Crippen LogP contribution is 2.42. The molecule has 0 bridgehead atoms. The zero-order valence-electron chi connectivity index (χ0n) is 12.7. The Balaban J connectivity index is 1.80. The van der Waals surface area contributed by atoms with Gasteiger partial charge in [-0.05, 0) is 30.9 Å². The van der Waals surface area contributed by atoms with Gasteiger partial charge in [0.05, 0.1) is 5.69 Å². The molecule has 0 spiro atoms. The molecule has 108 valence electrons. The van der Waals surface area contributed by atoms with Gasteiger partial charge in [-0.1, -0.05) is 13.8 Å². The predicted molar refractivity (Wildman–Crippen MR) is 78.3 cm³/mol. The average molecular weight is 273 g/mol. The van der Waals surface area contributed by atoms with E-state index in [1.54, 1.807) is 0 Å². The molecule has 20 heavy (non-hydrogen) atoms. The fourth-order valence-electron chi connectivity index (χ4n) is 3.17. The number of aryl methyl sites for hydroxylation is 2. The van der Waals surface area contributed by atoms with Crippen molar-refractivity contribution in [2.24, 2.45) is 12.5 Å². The van der Waals surface area contributed by atoms with Crippen molar-refractivity contribution in [3.8, 4) is 0 Å². The van der Waals surface area contributed by atoms with Crippen LogP contribution in [0.2, 0.25) is 0 Å². The third-order valence-electron chi connectivity index (χ3n) is 4.19. The van der Waals surface area contributed by atoms with Gasteiger partial charge in [0.15, 0.2) is 0 Å². The van der Waals surface area contributed by atoms with E-state index in [4.69, 9.17) is 4.42 Å². The molecular weight excluding hydrogens is 250 g/mol. The smallest absolute Gasteiger partial charge is 0.109 e. The molecule has 0 radical (unpaired) electrons. The largest absolute Gasteiger partial charge is 0.466 e. The lowest BCUT2D eigenvalue weighted by molar-refractivity contribution is 0.233. The Bertz CT molecular complexity index is 609. The number of hydrogen-bond donors (Lipinski definition) is 1. The first-order valence-electron chi connectivity index (χ1n) is 7.24. The zero-order valence-corrected chi connectivity index (χ0v) is 12.7. The summed E-state index contributed by atoms with van der Waals surface area (Å²) in [5.74, 6) is 2.17. The molecule has 1 aliphatic carbocycles. The highest BCUT2D eigenvalue weighted by molar-refractivity contribution is 5.29. The number of nitrogens with one attached hydrogen (secondary N) is 1. The van der Waals surface area contributed by atoms with E-state index in [0.717, 1.165) is 30.9 Å². The van der Waals surface area contributed by atoms with E-state index in [9.17, 15) is 0 Å². The van der Waals surface area contributed by atoms with Crippen LogP contribution in [-0.2, 0) is 20.0 Å². The van der Waals surface area contributed by atoms with Crippen molar-refractivity contribution in [2.45, 2.75) is 46.2 Å². The van der Waals surface area contributed by atoms with E-state index in [-0.39, 0.29) is 5.41 Å². The number of hydrogen-bond acceptors (Lipinski definition) is 3. The van der Waals surface area contributed by atoms with Crippen LogP contribution in [0.15, 0.2) is 22.7 Å². The number of aromatic nitrogens is 2. The molecule has 3 rings (SSSR count). The average Bonchev–Trinajstić information content (AvgIpc) is 2.90. The number of rotatable bonds is 3. The van der Waals surface area contributed by atoms with Gasteiger partial charge < -0.3 is 9.73 Å². The SMILES string of the molecule is Cc1cc2c(o1)CC(C)(C)CC2NCc1ccnn1C. The van der Waals surface area contributed by atoms with Crippen molar-refractivity contribution >= 4 is 0 Å². The first kappa shape index (κ1) is 13.4. The quantitative estimate of drug-likeness (QED) is 0.934. The maximum absolute atomic E-state index is 5.88. The summed E-state index contributed by atoms with van der Waals surface area (Å²) in [6, 6.07) is 4.61. The zero-order chi connectivity index (χ0) is 14.3. The first-order chi connectivity index (χ1) is 9.44. The Morgan fingerprint density at radius 3 is 3.00 bits per heavy atom. The van der Waals surface area contributed by atoms with Crippen LogP contribution in [0.4, 0.5) is 0 Å². The Morgan fingerprint density at radius 1 is 1.50 bits per heavy atom. The van der Waals surface area contributed by atoms with Crippen molar-refractivity contribution in [3.05, 3.63) is 41.1 Å². The second kappa shape index (κ2) is 4.77. The lowest BCUT2D eigenvalue weighted by atomic mass is 9.74. The molecule has 1 aliphatic rings. The van der Waals surface area contributed by atoms with Crippen molar-refractivity contribution in [3.63, 3.8) is 0 Å². The third kappa shape index (κ3) is 2.52. The molecule has 4 heteroatoms. The third-order valence-corrected chi connectivity index (χ3v) is 4.19. The van der Waals surface area contributed by atoms with Crippen LogP contribution in [-0.4, -0.2) is 9.78 Å². The number of nitrogens with zero attached hydrogens (tertiary/aromatic N) is 2. The monoisotopic (exact) mass is 273 g/mol. The van der Waals surface area contributed by atoms with Crippen LogP contribution < -0.4 is 5.32 Å². The van der Waals surface area contributed by atoms with Crippen LogP contribution in [0.5, 0.6) is 0 Å². The maximum Gasteiger partial charge on any atom is 0.109 e. The Morgan fingerprint density at radius 2 is 2.30 bits per heavy atom. The Kier molecular flexibility index (Phi) is 3.21. The summed E-state index contributed by atoms with van der Waals surface area (Å²) in [5, 5.41) is 7.88. The van der Waals surface area contributed by atoms with Crippen LogP contribution in [0, 0.1) is 12.3 Å². The van der Waals surface area contributed by atoms with Gasteiger partial charge in [-0.15, -0.1) is 0 Å². The second-order valence-electron chi connectivity index (χ2n) is 6.66. The van der Waals surface area contributed by atoms with Crippen LogP contribution in [0.1, 0.15) is 49.1 Å². The van der Waals surface area contributed by atoms with E-state index in [1.165, 1.54) is 11.3 Å². The van der Waals surface area contributed by atoms with Crippen LogP contribution >= 0.6 is 0 Å². The summed E-state index contributed by atoms with van der Waals surface area (Å²) >= 11 is 0. The molecule has 4 nitrogen and oxygen atoms in total. The first-order valence-corrected chi connectivity index (χ1v) is 7.24. The lowest BCUT2D eigenvalue weighted by Gasteiger charge is -2.34. The van der Waals surface area contributed by atoms with Gasteiger partial charge in [0, 0.05) is 37.8 Å². The van der Waals surface area contributed by atoms with E-state index >= 15 is 0 Å². The molecule has 2 heterocycles. The Labute approximate surface area is 120 Å². The molecule has 0 saturated heterocycles. The van der Waals surface area contributed by atoms with Crippen LogP contribution in [0.25, 0.3) is 0 Å². The van der Waals surface area contributed by atoms with Gasteiger partial charge in [0.2, 0.25) is 0 Å². The fourth-order valence-corrected chi connectivity index (χ4v) is 3.17. The van der Waals surface area contributed by atoms with Gasteiger partial charge in [-0.25, -0.2) is 0 Å². The Hall–Kier alpha value is -1.55. The molecule has 0 fully saturated rings. The summed E-state index contributed by atoms with van der Waals surface area (Å²) in [6.45, 7) is 7.49. The molecule has 2 aromatic heterocycles. The molecular formula is C16H23N3O. The van der Waals surface area contributed by atoms with Gasteiger partial charge in [-0.3, -0.25) is 4.68 Å². The molecule has 1 atom stereocenters. The topological polar surface area (TPSA) is 43.0 Å². The minimum atomic E-state index is 0.279. The van der Waals surface area contributed by atoms with Gasteiger partial charge in [0.1, 0.15) is 11.5 Å². The van der Waals surface area contributed by atoms with Crippen LogP contribution in [0.3, 0.4) is 0 Å². The highest BCUT2D eigenvalue weighted by Gasteiger charge is 2.34. The standard InChI is InChI=1S/C16H23N3O/c1-11-7-13-14(8-16(2,3)9-15(13)20-11)17-10-12-5-6-18-19(12)4/h5-7,14,17H,8-10H2,1-4H3. The predicted octanol–water partition coefficient (Wildman–Crippen LogP) is 3.12. The van der Waals surface area contributed by atoms with Gasteiger partial charge in [0.25, 0.3) is 0 Å². The summed E-state index contributed by atoms with van der Waals surface area (Å²) in [6.07, 6.45) is 4.01. The van der Waals surface area contributed by atoms with E-state index in [2.05, 4.69) is 36.4 Å². The fraction of sp³-hybridized carbons (Fsp3) is 0.562. The molecule has 1 N–H and O–H groups in total. The second-order valence-corrected chi connectivity index (χ2v) is 6.66. The number of furan rings is 1. The van der Waals surface area contributed by atoms with Gasteiger partial charge in [-0.2, -0.15) is 5.10 Å². The van der Waals surface area contributed by atoms with Crippen molar-refractivity contribution in [1.82, 2.24) is 15.1 Å². The summed E-state index contributed by atoms with van der Waals surface area (Å²) < 4.78 is 7.79. The minimum absolute atomic E-state index is 0.279. The maximum atomic E-state index is 5.88. The number of fused-ring (bicyclic) bond motifs is 1. The summed E-state index contributed by atoms with van der Waals surface area (Å²) in [4.78, 5) is 0. The molecule has 0 aliphatic heterocycles. The molecule has 2 aromatic rings. The minimum Gasteiger partial charge on any atom is -0.466 e. The molecule has 0 aromatic carbocycles. The van der Waals surface area contributed by atoms with E-state index in [0.29, 0.717) is 6.04 Å². The van der Waals surface area contributed by atoms with E-state index in [1.807, 2.05) is 24.9 Å². The molecule has 1 unspecified atom stereocenters. The van der Waals surface area contributed by atoms with Crippen molar-refractivity contribution in [1.29, 1.82) is 0 Å².